The monoisotopic (exact) mass is 290 g/mol. The SMILES string of the molecule is Cc1ccc([C@H](C)c2ccccc2C(=O)O)c2ccccc12. The molecule has 3 rings (SSSR count). The summed E-state index contributed by atoms with van der Waals surface area (Å²) in [6.07, 6.45) is 0. The van der Waals surface area contributed by atoms with Crippen molar-refractivity contribution in [1.82, 2.24) is 0 Å². The molecule has 0 aliphatic rings. The standard InChI is InChI=1S/C20H18O2/c1-13-11-12-17(18-9-5-3-7-15(13)18)14(2)16-8-4-6-10-19(16)20(21)22/h3-12,14H,1-2H3,(H,21,22)/t14-/m1/s1. The number of aryl methyl sites for hydroxylation is 1. The molecule has 0 amide bonds. The lowest BCUT2D eigenvalue weighted by Crippen LogP contribution is -2.06. The summed E-state index contributed by atoms with van der Waals surface area (Å²) >= 11 is 0. The fraction of sp³-hybridized carbons (Fsp3) is 0.150. The zero-order chi connectivity index (χ0) is 15.7. The Morgan fingerprint density at radius 3 is 2.23 bits per heavy atom. The Labute approximate surface area is 130 Å². The van der Waals surface area contributed by atoms with E-state index in [1.54, 1.807) is 12.1 Å². The molecular weight excluding hydrogens is 272 g/mol. The van der Waals surface area contributed by atoms with Gasteiger partial charge in [0.1, 0.15) is 0 Å². The lowest BCUT2D eigenvalue weighted by molar-refractivity contribution is 0.0695. The Bertz CT molecular complexity index is 849. The maximum Gasteiger partial charge on any atom is 0.335 e. The molecule has 110 valence electrons. The van der Waals surface area contributed by atoms with Gasteiger partial charge in [0.2, 0.25) is 0 Å². The topological polar surface area (TPSA) is 37.3 Å². The van der Waals surface area contributed by atoms with Crippen LogP contribution in [0.25, 0.3) is 10.8 Å². The van der Waals surface area contributed by atoms with Crippen LogP contribution in [0, 0.1) is 6.92 Å². The van der Waals surface area contributed by atoms with E-state index in [0.717, 1.165) is 11.1 Å². The second-order valence-electron chi connectivity index (χ2n) is 5.63. The minimum atomic E-state index is -0.876. The molecule has 0 fully saturated rings. The van der Waals surface area contributed by atoms with E-state index < -0.39 is 5.97 Å². The summed E-state index contributed by atoms with van der Waals surface area (Å²) in [7, 11) is 0. The summed E-state index contributed by atoms with van der Waals surface area (Å²) in [5.41, 5.74) is 3.62. The summed E-state index contributed by atoms with van der Waals surface area (Å²) in [6.45, 7) is 4.17. The Balaban J connectivity index is 2.20. The molecule has 0 saturated heterocycles. The molecule has 2 nitrogen and oxygen atoms in total. The van der Waals surface area contributed by atoms with Gasteiger partial charge in [0.05, 0.1) is 5.56 Å². The number of aromatic carboxylic acids is 1. The van der Waals surface area contributed by atoms with Gasteiger partial charge in [-0.3, -0.25) is 0 Å². The second kappa shape index (κ2) is 5.64. The first-order valence-electron chi connectivity index (χ1n) is 7.40. The summed E-state index contributed by atoms with van der Waals surface area (Å²) in [6, 6.07) is 19.8. The third-order valence-corrected chi connectivity index (χ3v) is 4.30. The normalized spacial score (nSPS) is 12.3. The van der Waals surface area contributed by atoms with E-state index in [1.807, 2.05) is 24.3 Å². The van der Waals surface area contributed by atoms with Gasteiger partial charge in [-0.05, 0) is 40.5 Å². The van der Waals surface area contributed by atoms with Gasteiger partial charge >= 0.3 is 5.97 Å². The van der Waals surface area contributed by atoms with Crippen molar-refractivity contribution in [3.05, 3.63) is 82.9 Å². The first-order chi connectivity index (χ1) is 10.6. The first kappa shape index (κ1) is 14.3. The molecule has 0 spiro atoms. The zero-order valence-electron chi connectivity index (χ0n) is 12.7. The molecule has 0 bridgehead atoms. The van der Waals surface area contributed by atoms with Gasteiger partial charge in [-0.2, -0.15) is 0 Å². The first-order valence-corrected chi connectivity index (χ1v) is 7.40. The molecule has 2 heteroatoms. The molecule has 1 N–H and O–H groups in total. The molecule has 1 atom stereocenters. The number of carbonyl (C=O) groups is 1. The highest BCUT2D eigenvalue weighted by atomic mass is 16.4. The van der Waals surface area contributed by atoms with Crippen LogP contribution in [0.2, 0.25) is 0 Å². The highest BCUT2D eigenvalue weighted by Gasteiger charge is 2.18. The molecule has 3 aromatic rings. The van der Waals surface area contributed by atoms with Gasteiger partial charge < -0.3 is 5.11 Å². The maximum absolute atomic E-state index is 11.5. The number of carboxylic acid groups (broad SMARTS) is 1. The fourth-order valence-corrected chi connectivity index (χ4v) is 3.09. The van der Waals surface area contributed by atoms with Crippen LogP contribution >= 0.6 is 0 Å². The van der Waals surface area contributed by atoms with Gasteiger partial charge in [0.25, 0.3) is 0 Å². The van der Waals surface area contributed by atoms with Crippen LogP contribution in [0.3, 0.4) is 0 Å². The molecule has 0 aliphatic heterocycles. The van der Waals surface area contributed by atoms with Crippen LogP contribution in [0.5, 0.6) is 0 Å². The van der Waals surface area contributed by atoms with E-state index in [1.165, 1.54) is 16.3 Å². The Morgan fingerprint density at radius 1 is 0.864 bits per heavy atom. The van der Waals surface area contributed by atoms with E-state index in [-0.39, 0.29) is 5.92 Å². The largest absolute Gasteiger partial charge is 0.478 e. The van der Waals surface area contributed by atoms with E-state index in [9.17, 15) is 9.90 Å². The van der Waals surface area contributed by atoms with Gasteiger partial charge in [-0.1, -0.05) is 61.5 Å². The average Bonchev–Trinajstić information content (AvgIpc) is 2.55. The zero-order valence-corrected chi connectivity index (χ0v) is 12.7. The van der Waals surface area contributed by atoms with Crippen molar-refractivity contribution < 1.29 is 9.90 Å². The molecule has 0 unspecified atom stereocenters. The third kappa shape index (κ3) is 2.37. The molecule has 22 heavy (non-hydrogen) atoms. The number of benzene rings is 3. The quantitative estimate of drug-likeness (QED) is 0.737. The molecule has 3 aromatic carbocycles. The Kier molecular flexibility index (Phi) is 3.68. The Hall–Kier alpha value is -2.61. The predicted octanol–water partition coefficient (Wildman–Crippen LogP) is 5.00. The van der Waals surface area contributed by atoms with Crippen LogP contribution in [-0.2, 0) is 0 Å². The average molecular weight is 290 g/mol. The van der Waals surface area contributed by atoms with Crippen LogP contribution < -0.4 is 0 Å². The highest BCUT2D eigenvalue weighted by molar-refractivity contribution is 5.92. The minimum absolute atomic E-state index is 0.0257. The van der Waals surface area contributed by atoms with Crippen molar-refractivity contribution in [2.45, 2.75) is 19.8 Å². The van der Waals surface area contributed by atoms with Crippen LogP contribution in [0.4, 0.5) is 0 Å². The van der Waals surface area contributed by atoms with Crippen molar-refractivity contribution in [1.29, 1.82) is 0 Å². The summed E-state index contributed by atoms with van der Waals surface area (Å²) in [5.74, 6) is -0.850. The lowest BCUT2D eigenvalue weighted by Gasteiger charge is -2.18. The second-order valence-corrected chi connectivity index (χ2v) is 5.63. The van der Waals surface area contributed by atoms with Gasteiger partial charge in [-0.25, -0.2) is 4.79 Å². The highest BCUT2D eigenvalue weighted by Crippen LogP contribution is 2.33. The number of hydrogen-bond donors (Lipinski definition) is 1. The molecule has 0 aromatic heterocycles. The van der Waals surface area contributed by atoms with E-state index >= 15 is 0 Å². The van der Waals surface area contributed by atoms with E-state index in [4.69, 9.17) is 0 Å². The van der Waals surface area contributed by atoms with Gasteiger partial charge in [-0.15, -0.1) is 0 Å². The number of rotatable bonds is 3. The summed E-state index contributed by atoms with van der Waals surface area (Å²) in [4.78, 5) is 11.5. The smallest absolute Gasteiger partial charge is 0.335 e. The molecule has 0 radical (unpaired) electrons. The van der Waals surface area contributed by atoms with Crippen LogP contribution in [0.1, 0.15) is 39.9 Å². The number of carboxylic acids is 1. The molecule has 0 saturated carbocycles. The van der Waals surface area contributed by atoms with E-state index in [2.05, 4.69) is 38.1 Å². The molecule has 0 heterocycles. The van der Waals surface area contributed by atoms with Gasteiger partial charge in [0, 0.05) is 5.92 Å². The van der Waals surface area contributed by atoms with E-state index in [0.29, 0.717) is 5.56 Å². The third-order valence-electron chi connectivity index (χ3n) is 4.30. The number of hydrogen-bond acceptors (Lipinski definition) is 1. The van der Waals surface area contributed by atoms with Crippen molar-refractivity contribution in [3.8, 4) is 0 Å². The molecular formula is C20H18O2. The van der Waals surface area contributed by atoms with Gasteiger partial charge in [0.15, 0.2) is 0 Å². The van der Waals surface area contributed by atoms with Crippen LogP contribution in [0.15, 0.2) is 60.7 Å². The maximum atomic E-state index is 11.5. The fourth-order valence-electron chi connectivity index (χ4n) is 3.09. The summed E-state index contributed by atoms with van der Waals surface area (Å²) < 4.78 is 0. The minimum Gasteiger partial charge on any atom is -0.478 e. The number of fused-ring (bicyclic) bond motifs is 1. The van der Waals surface area contributed by atoms with Crippen molar-refractivity contribution in [3.63, 3.8) is 0 Å². The summed E-state index contributed by atoms with van der Waals surface area (Å²) in [5, 5.41) is 11.8. The molecule has 0 aliphatic carbocycles. The predicted molar refractivity (Wildman–Crippen MR) is 89.6 cm³/mol. The van der Waals surface area contributed by atoms with Crippen LogP contribution in [-0.4, -0.2) is 11.1 Å². The lowest BCUT2D eigenvalue weighted by atomic mass is 9.86. The van der Waals surface area contributed by atoms with Crippen molar-refractivity contribution in [2.24, 2.45) is 0 Å². The van der Waals surface area contributed by atoms with Crippen molar-refractivity contribution in [2.75, 3.05) is 0 Å². The Morgan fingerprint density at radius 2 is 1.50 bits per heavy atom. The van der Waals surface area contributed by atoms with Crippen molar-refractivity contribution >= 4 is 16.7 Å².